The maximum absolute atomic E-state index is 13.4. The zero-order valence-corrected chi connectivity index (χ0v) is 22.6. The largest absolute Gasteiger partial charge is 0.493 e. The van der Waals surface area contributed by atoms with E-state index in [1.54, 1.807) is 29.6 Å². The highest BCUT2D eigenvalue weighted by atomic mass is 79.9. The second-order valence-corrected chi connectivity index (χ2v) is 9.99. The summed E-state index contributed by atoms with van der Waals surface area (Å²) >= 11 is 11.4. The van der Waals surface area contributed by atoms with Gasteiger partial charge in [0.15, 0.2) is 11.5 Å². The third-order valence-corrected chi connectivity index (χ3v) is 7.35. The van der Waals surface area contributed by atoms with E-state index in [2.05, 4.69) is 36.8 Å². The molecule has 1 aromatic heterocycles. The molecule has 0 amide bonds. The van der Waals surface area contributed by atoms with Crippen LogP contribution in [0.15, 0.2) is 70.3 Å². The van der Waals surface area contributed by atoms with E-state index in [-0.39, 0.29) is 12.4 Å². The Balaban J connectivity index is 1.32. The highest BCUT2D eigenvalue weighted by Gasteiger charge is 2.16. The molecule has 7 nitrogen and oxygen atoms in total. The topological polar surface area (TPSA) is 74.1 Å². The van der Waals surface area contributed by atoms with Crippen LogP contribution in [0.4, 0.5) is 4.39 Å². The zero-order chi connectivity index (χ0) is 25.3. The number of halogens is 3. The van der Waals surface area contributed by atoms with Crippen LogP contribution >= 0.6 is 39.3 Å². The van der Waals surface area contributed by atoms with E-state index in [1.165, 1.54) is 12.1 Å². The molecule has 0 radical (unpaired) electrons. The van der Waals surface area contributed by atoms with Gasteiger partial charge in [-0.3, -0.25) is 0 Å². The number of methoxy groups -OCH3 is 1. The summed E-state index contributed by atoms with van der Waals surface area (Å²) in [5.41, 5.74) is 2.54. The molecule has 0 aliphatic rings. The Kier molecular flexibility index (Phi) is 9.57. The van der Waals surface area contributed by atoms with Crippen molar-refractivity contribution in [2.75, 3.05) is 19.4 Å². The Labute approximate surface area is 226 Å². The van der Waals surface area contributed by atoms with E-state index < -0.39 is 0 Å². The molecule has 3 aromatic carbocycles. The summed E-state index contributed by atoms with van der Waals surface area (Å²) in [7, 11) is 1.60. The first kappa shape index (κ1) is 26.4. The fraction of sp³-hybridized carbons (Fsp3) is 0.240. The van der Waals surface area contributed by atoms with Crippen LogP contribution in [0.2, 0.25) is 5.02 Å². The van der Waals surface area contributed by atoms with Crippen LogP contribution < -0.4 is 14.8 Å². The minimum absolute atomic E-state index is 0.186. The molecule has 0 aliphatic carbocycles. The molecular formula is C25H24BrClFN5O2S. The smallest absolute Gasteiger partial charge is 0.214 e. The number of ether oxygens (including phenoxy) is 2. The summed E-state index contributed by atoms with van der Waals surface area (Å²) in [4.78, 5) is 0. The summed E-state index contributed by atoms with van der Waals surface area (Å²) in [6.45, 7) is 1.54. The Morgan fingerprint density at radius 3 is 2.75 bits per heavy atom. The first-order valence-corrected chi connectivity index (χ1v) is 13.3. The quantitative estimate of drug-likeness (QED) is 0.158. The van der Waals surface area contributed by atoms with Crippen LogP contribution in [-0.2, 0) is 13.2 Å². The lowest BCUT2D eigenvalue weighted by atomic mass is 10.1. The molecule has 0 atom stereocenters. The molecule has 36 heavy (non-hydrogen) atoms. The fourth-order valence-corrected chi connectivity index (χ4v) is 4.93. The highest BCUT2D eigenvalue weighted by Crippen LogP contribution is 2.37. The minimum atomic E-state index is -0.386. The average molecular weight is 593 g/mol. The third kappa shape index (κ3) is 6.76. The molecule has 0 spiro atoms. The number of rotatable bonds is 12. The van der Waals surface area contributed by atoms with E-state index in [0.717, 1.165) is 39.6 Å². The third-order valence-electron chi connectivity index (χ3n) is 5.25. The maximum Gasteiger partial charge on any atom is 0.214 e. The van der Waals surface area contributed by atoms with Crippen molar-refractivity contribution in [2.24, 2.45) is 0 Å². The van der Waals surface area contributed by atoms with Gasteiger partial charge in [0.25, 0.3) is 0 Å². The van der Waals surface area contributed by atoms with Gasteiger partial charge in [0.1, 0.15) is 12.4 Å². The number of thioether (sulfide) groups is 1. The van der Waals surface area contributed by atoms with Crippen LogP contribution in [0.1, 0.15) is 17.5 Å². The Bertz CT molecular complexity index is 1290. The first-order valence-electron chi connectivity index (χ1n) is 11.2. The molecule has 0 fully saturated rings. The zero-order valence-electron chi connectivity index (χ0n) is 19.5. The van der Waals surface area contributed by atoms with Crippen molar-refractivity contribution >= 4 is 39.3 Å². The summed E-state index contributed by atoms with van der Waals surface area (Å²) in [6.07, 6.45) is 0.912. The fourth-order valence-electron chi connectivity index (χ4n) is 3.43. The van der Waals surface area contributed by atoms with Crippen molar-refractivity contribution in [1.29, 1.82) is 0 Å². The molecule has 0 saturated heterocycles. The average Bonchev–Trinajstić information content (AvgIpc) is 3.36. The first-order chi connectivity index (χ1) is 17.6. The van der Waals surface area contributed by atoms with Crippen molar-refractivity contribution in [3.05, 3.63) is 87.1 Å². The van der Waals surface area contributed by atoms with Crippen LogP contribution in [-0.4, -0.2) is 39.6 Å². The number of nitrogens with zero attached hydrogens (tertiary/aromatic N) is 4. The Morgan fingerprint density at radius 1 is 1.14 bits per heavy atom. The van der Waals surface area contributed by atoms with E-state index >= 15 is 0 Å². The lowest BCUT2D eigenvalue weighted by Gasteiger charge is -2.17. The van der Waals surface area contributed by atoms with Crippen LogP contribution in [0.25, 0.3) is 5.69 Å². The van der Waals surface area contributed by atoms with Gasteiger partial charge in [0, 0.05) is 27.9 Å². The van der Waals surface area contributed by atoms with E-state index in [0.29, 0.717) is 28.6 Å². The lowest BCUT2D eigenvalue weighted by molar-refractivity contribution is 0.280. The van der Waals surface area contributed by atoms with Gasteiger partial charge in [-0.15, -0.1) is 5.10 Å². The van der Waals surface area contributed by atoms with Crippen molar-refractivity contribution in [1.82, 2.24) is 25.5 Å². The predicted octanol–water partition coefficient (Wildman–Crippen LogP) is 6.08. The molecule has 0 aliphatic heterocycles. The second kappa shape index (κ2) is 13.0. The number of hydrogen-bond donors (Lipinski definition) is 1. The minimum Gasteiger partial charge on any atom is -0.493 e. The Morgan fingerprint density at radius 2 is 1.97 bits per heavy atom. The van der Waals surface area contributed by atoms with Crippen molar-refractivity contribution in [3.63, 3.8) is 0 Å². The molecule has 0 bridgehead atoms. The van der Waals surface area contributed by atoms with Crippen molar-refractivity contribution in [2.45, 2.75) is 24.7 Å². The molecule has 0 unspecified atom stereocenters. The van der Waals surface area contributed by atoms with Crippen LogP contribution in [0.3, 0.4) is 0 Å². The number of aromatic nitrogens is 4. The predicted molar refractivity (Wildman–Crippen MR) is 143 cm³/mol. The monoisotopic (exact) mass is 591 g/mol. The number of benzene rings is 3. The number of hydrogen-bond acceptors (Lipinski definition) is 7. The molecule has 4 aromatic rings. The number of para-hydroxylation sites is 1. The van der Waals surface area contributed by atoms with Gasteiger partial charge in [-0.1, -0.05) is 63.6 Å². The van der Waals surface area contributed by atoms with Gasteiger partial charge in [0.2, 0.25) is 5.16 Å². The van der Waals surface area contributed by atoms with Gasteiger partial charge < -0.3 is 14.8 Å². The Hall–Kier alpha value is -2.66. The van der Waals surface area contributed by atoms with Gasteiger partial charge in [-0.05, 0) is 59.8 Å². The van der Waals surface area contributed by atoms with Crippen LogP contribution in [0, 0.1) is 5.82 Å². The normalized spacial score (nSPS) is 11.0. The summed E-state index contributed by atoms with van der Waals surface area (Å²) in [5, 5.41) is 16.6. The second-order valence-electron chi connectivity index (χ2n) is 7.67. The van der Waals surface area contributed by atoms with E-state index in [1.807, 2.05) is 42.5 Å². The lowest BCUT2D eigenvalue weighted by Crippen LogP contribution is -2.17. The summed E-state index contributed by atoms with van der Waals surface area (Å²) < 4.78 is 27.6. The molecule has 1 N–H and O–H groups in total. The molecule has 188 valence electrons. The SMILES string of the molecule is COc1ccc(Br)c(CNCCCSc2nnnn2-c2ccccc2)c1OCc1ccc(F)cc1Cl. The maximum atomic E-state index is 13.4. The number of tetrazole rings is 1. The molecule has 11 heteroatoms. The molecule has 0 saturated carbocycles. The van der Waals surface area contributed by atoms with Gasteiger partial charge >= 0.3 is 0 Å². The summed E-state index contributed by atoms with van der Waals surface area (Å²) in [6, 6.07) is 17.8. The molecule has 4 rings (SSSR count). The van der Waals surface area contributed by atoms with E-state index in [9.17, 15) is 4.39 Å². The molecular weight excluding hydrogens is 569 g/mol. The van der Waals surface area contributed by atoms with Crippen LogP contribution in [0.5, 0.6) is 11.5 Å². The van der Waals surface area contributed by atoms with Crippen molar-refractivity contribution in [3.8, 4) is 17.2 Å². The standard InChI is InChI=1S/C25H24BrClFN5O2S/c1-34-23-11-10-21(26)20(24(23)35-16-17-8-9-18(28)14-22(17)27)15-29-12-5-13-36-25-30-31-32-33(25)19-6-3-2-4-7-19/h2-4,6-11,14,29H,5,12-13,15-16H2,1H3. The van der Waals surface area contributed by atoms with E-state index in [4.69, 9.17) is 21.1 Å². The van der Waals surface area contributed by atoms with Gasteiger partial charge in [0.05, 0.1) is 17.8 Å². The number of nitrogens with one attached hydrogen (secondary N) is 1. The van der Waals surface area contributed by atoms with Gasteiger partial charge in [-0.25, -0.2) is 4.39 Å². The molecule has 1 heterocycles. The van der Waals surface area contributed by atoms with Crippen molar-refractivity contribution < 1.29 is 13.9 Å². The van der Waals surface area contributed by atoms with Gasteiger partial charge in [-0.2, -0.15) is 4.68 Å². The summed E-state index contributed by atoms with van der Waals surface area (Å²) in [5.74, 6) is 1.68. The highest BCUT2D eigenvalue weighted by molar-refractivity contribution is 9.10.